The first-order chi connectivity index (χ1) is 8.97. The number of halogens is 3. The van der Waals surface area contributed by atoms with Gasteiger partial charge in [0.05, 0.1) is 5.02 Å². The van der Waals surface area contributed by atoms with Crippen molar-refractivity contribution in [2.45, 2.75) is 13.0 Å². The highest BCUT2D eigenvalue weighted by Crippen LogP contribution is 2.35. The van der Waals surface area contributed by atoms with Gasteiger partial charge in [-0.25, -0.2) is 4.39 Å². The summed E-state index contributed by atoms with van der Waals surface area (Å²) in [4.78, 5) is 0. The van der Waals surface area contributed by atoms with Gasteiger partial charge in [0, 0.05) is 16.1 Å². The van der Waals surface area contributed by atoms with Crippen LogP contribution in [0, 0.1) is 5.82 Å². The Morgan fingerprint density at radius 2 is 1.95 bits per heavy atom. The van der Waals surface area contributed by atoms with Gasteiger partial charge in [-0.05, 0) is 37.3 Å². The van der Waals surface area contributed by atoms with Crippen molar-refractivity contribution in [2.24, 2.45) is 5.73 Å². The van der Waals surface area contributed by atoms with E-state index in [1.165, 1.54) is 18.2 Å². The lowest BCUT2D eigenvalue weighted by Gasteiger charge is -2.15. The molecule has 0 spiro atoms. The van der Waals surface area contributed by atoms with E-state index in [2.05, 4.69) is 15.9 Å². The van der Waals surface area contributed by atoms with Crippen LogP contribution in [0.15, 0.2) is 40.9 Å². The summed E-state index contributed by atoms with van der Waals surface area (Å²) in [6.07, 6.45) is 0. The average Bonchev–Trinajstić information content (AvgIpc) is 2.32. The summed E-state index contributed by atoms with van der Waals surface area (Å²) in [6.45, 7) is 1.86. The van der Waals surface area contributed by atoms with E-state index >= 15 is 0 Å². The van der Waals surface area contributed by atoms with E-state index in [1.807, 2.05) is 19.1 Å². The van der Waals surface area contributed by atoms with E-state index in [0.29, 0.717) is 11.5 Å². The predicted molar refractivity (Wildman–Crippen MR) is 78.2 cm³/mol. The zero-order valence-electron chi connectivity index (χ0n) is 10.2. The molecule has 0 heterocycles. The molecular weight excluding hydrogens is 333 g/mol. The van der Waals surface area contributed by atoms with Crippen LogP contribution in [0.1, 0.15) is 18.5 Å². The van der Waals surface area contributed by atoms with Gasteiger partial charge in [-0.2, -0.15) is 0 Å². The highest BCUT2D eigenvalue weighted by Gasteiger charge is 2.11. The lowest BCUT2D eigenvalue weighted by Crippen LogP contribution is -2.06. The summed E-state index contributed by atoms with van der Waals surface area (Å²) in [7, 11) is 0. The lowest BCUT2D eigenvalue weighted by molar-refractivity contribution is 0.470. The summed E-state index contributed by atoms with van der Waals surface area (Å²) in [5.41, 5.74) is 6.74. The van der Waals surface area contributed by atoms with Crippen LogP contribution in [0.3, 0.4) is 0 Å². The van der Waals surface area contributed by atoms with Gasteiger partial charge in [0.25, 0.3) is 0 Å². The highest BCUT2D eigenvalue weighted by atomic mass is 79.9. The third-order valence-electron chi connectivity index (χ3n) is 2.58. The first-order valence-electron chi connectivity index (χ1n) is 5.65. The molecule has 0 aliphatic carbocycles. The summed E-state index contributed by atoms with van der Waals surface area (Å²) < 4.78 is 19.6. The van der Waals surface area contributed by atoms with Gasteiger partial charge < -0.3 is 10.5 Å². The van der Waals surface area contributed by atoms with Gasteiger partial charge in [0.1, 0.15) is 17.3 Å². The molecule has 5 heteroatoms. The first-order valence-corrected chi connectivity index (χ1v) is 6.82. The molecule has 0 saturated heterocycles. The Hall–Kier alpha value is -1.10. The van der Waals surface area contributed by atoms with Crippen LogP contribution in [0.5, 0.6) is 11.5 Å². The zero-order chi connectivity index (χ0) is 14.0. The largest absolute Gasteiger partial charge is 0.455 e. The summed E-state index contributed by atoms with van der Waals surface area (Å²) in [5.74, 6) is 0.583. The minimum absolute atomic E-state index is 0.178. The van der Waals surface area contributed by atoms with Crippen LogP contribution < -0.4 is 10.5 Å². The van der Waals surface area contributed by atoms with Crippen molar-refractivity contribution >= 4 is 27.5 Å². The number of ether oxygens (including phenoxy) is 1. The van der Waals surface area contributed by atoms with Gasteiger partial charge in [0.15, 0.2) is 0 Å². The molecule has 0 fully saturated rings. The minimum atomic E-state index is -0.404. The smallest absolute Gasteiger partial charge is 0.146 e. The van der Waals surface area contributed by atoms with Crippen LogP contribution in [0.2, 0.25) is 5.02 Å². The van der Waals surface area contributed by atoms with Gasteiger partial charge in [0.2, 0.25) is 0 Å². The second-order valence-electron chi connectivity index (χ2n) is 4.15. The normalized spacial score (nSPS) is 12.3. The molecule has 0 bridgehead atoms. The van der Waals surface area contributed by atoms with Crippen LogP contribution in [-0.4, -0.2) is 0 Å². The van der Waals surface area contributed by atoms with E-state index in [1.54, 1.807) is 6.07 Å². The molecule has 1 atom stereocenters. The molecule has 2 rings (SSSR count). The van der Waals surface area contributed by atoms with E-state index in [4.69, 9.17) is 22.1 Å². The molecule has 2 N–H and O–H groups in total. The molecule has 2 aromatic carbocycles. The molecule has 0 saturated carbocycles. The Kier molecular flexibility index (Phi) is 4.45. The van der Waals surface area contributed by atoms with Crippen molar-refractivity contribution in [1.82, 2.24) is 0 Å². The highest BCUT2D eigenvalue weighted by molar-refractivity contribution is 9.10. The maximum absolute atomic E-state index is 13.0. The minimum Gasteiger partial charge on any atom is -0.455 e. The van der Waals surface area contributed by atoms with E-state index < -0.39 is 5.82 Å². The number of benzene rings is 2. The second-order valence-corrected chi connectivity index (χ2v) is 5.47. The maximum atomic E-state index is 13.0. The number of nitrogens with two attached hydrogens (primary N) is 1. The van der Waals surface area contributed by atoms with E-state index in [0.717, 1.165) is 10.0 Å². The first kappa shape index (κ1) is 14.3. The lowest BCUT2D eigenvalue weighted by atomic mass is 10.1. The quantitative estimate of drug-likeness (QED) is 0.845. The van der Waals surface area contributed by atoms with Crippen molar-refractivity contribution in [3.05, 3.63) is 57.3 Å². The van der Waals surface area contributed by atoms with E-state index in [-0.39, 0.29) is 11.1 Å². The molecule has 0 aliphatic rings. The Labute approximate surface area is 124 Å². The van der Waals surface area contributed by atoms with Crippen molar-refractivity contribution in [2.75, 3.05) is 0 Å². The van der Waals surface area contributed by atoms with Crippen molar-refractivity contribution in [1.29, 1.82) is 0 Å². The third kappa shape index (κ3) is 3.47. The Balaban J connectivity index is 2.39. The third-order valence-corrected chi connectivity index (χ3v) is 3.37. The fourth-order valence-corrected chi connectivity index (χ4v) is 2.20. The van der Waals surface area contributed by atoms with Gasteiger partial charge in [-0.3, -0.25) is 0 Å². The SMILES string of the molecule is CC(N)c1ccc(Br)cc1Oc1ccc(F)cc1Cl. The summed E-state index contributed by atoms with van der Waals surface area (Å²) in [5, 5.41) is 0.218. The Morgan fingerprint density at radius 3 is 2.58 bits per heavy atom. The number of hydrogen-bond acceptors (Lipinski definition) is 2. The Bertz CT molecular complexity index is 604. The van der Waals surface area contributed by atoms with Crippen molar-refractivity contribution in [3.63, 3.8) is 0 Å². The molecule has 1 unspecified atom stereocenters. The van der Waals surface area contributed by atoms with Crippen LogP contribution >= 0.6 is 27.5 Å². The molecule has 100 valence electrons. The van der Waals surface area contributed by atoms with Gasteiger partial charge in [-0.1, -0.05) is 33.6 Å². The Morgan fingerprint density at radius 1 is 1.21 bits per heavy atom. The molecular formula is C14H12BrClFNO. The van der Waals surface area contributed by atoms with Crippen molar-refractivity contribution in [3.8, 4) is 11.5 Å². The van der Waals surface area contributed by atoms with E-state index in [9.17, 15) is 4.39 Å². The average molecular weight is 345 g/mol. The maximum Gasteiger partial charge on any atom is 0.146 e. The molecule has 2 nitrogen and oxygen atoms in total. The molecule has 0 radical (unpaired) electrons. The molecule has 0 aromatic heterocycles. The number of rotatable bonds is 3. The summed E-state index contributed by atoms with van der Waals surface area (Å²) in [6, 6.07) is 9.38. The molecule has 19 heavy (non-hydrogen) atoms. The monoisotopic (exact) mass is 343 g/mol. The fraction of sp³-hybridized carbons (Fsp3) is 0.143. The summed E-state index contributed by atoms with van der Waals surface area (Å²) >= 11 is 9.32. The van der Waals surface area contributed by atoms with Gasteiger partial charge >= 0.3 is 0 Å². The van der Waals surface area contributed by atoms with Crippen molar-refractivity contribution < 1.29 is 9.13 Å². The predicted octanol–water partition coefficient (Wildman–Crippen LogP) is 5.05. The molecule has 2 aromatic rings. The van der Waals surface area contributed by atoms with Crippen LogP contribution in [0.4, 0.5) is 4.39 Å². The van der Waals surface area contributed by atoms with Crippen LogP contribution in [0.25, 0.3) is 0 Å². The fourth-order valence-electron chi connectivity index (χ4n) is 1.65. The topological polar surface area (TPSA) is 35.2 Å². The zero-order valence-corrected chi connectivity index (χ0v) is 12.5. The number of hydrogen-bond donors (Lipinski definition) is 1. The van der Waals surface area contributed by atoms with Crippen LogP contribution in [-0.2, 0) is 0 Å². The molecule has 0 amide bonds. The standard InChI is InChI=1S/C14H12BrClFNO/c1-8(18)11-4-2-9(15)6-14(11)19-13-5-3-10(17)7-12(13)16/h2-8H,18H2,1H3. The second kappa shape index (κ2) is 5.90. The molecule has 0 aliphatic heterocycles. The van der Waals surface area contributed by atoms with Gasteiger partial charge in [-0.15, -0.1) is 0 Å².